The molecule has 2 aromatic rings. The molecule has 0 spiro atoms. The zero-order chi connectivity index (χ0) is 17.9. The first-order chi connectivity index (χ1) is 11.3. The van der Waals surface area contributed by atoms with Crippen LogP contribution >= 0.6 is 0 Å². The molecule has 0 atom stereocenters. The van der Waals surface area contributed by atoms with Crippen LogP contribution in [0.3, 0.4) is 0 Å². The Morgan fingerprint density at radius 3 is 2.04 bits per heavy atom. The Labute approximate surface area is 157 Å². The van der Waals surface area contributed by atoms with Gasteiger partial charge in [0, 0.05) is 5.39 Å². The summed E-state index contributed by atoms with van der Waals surface area (Å²) in [7, 11) is -4.87. The van der Waals surface area contributed by atoms with Crippen LogP contribution < -0.4 is 18.9 Å². The summed E-state index contributed by atoms with van der Waals surface area (Å²) < 4.78 is 44.4. The number of benzene rings is 2. The van der Waals surface area contributed by atoms with E-state index in [1.54, 1.807) is 13.8 Å². The number of hydrogen-bond donors (Lipinski definition) is 0. The van der Waals surface area contributed by atoms with E-state index in [2.05, 4.69) is 0 Å². The van der Waals surface area contributed by atoms with Gasteiger partial charge in [0.05, 0.1) is 29.2 Å². The van der Waals surface area contributed by atoms with Crippen molar-refractivity contribution < 1.29 is 50.9 Å². The van der Waals surface area contributed by atoms with Gasteiger partial charge in [-0.15, -0.1) is 0 Å². The number of esters is 2. The van der Waals surface area contributed by atoms with Gasteiger partial charge < -0.3 is 14.0 Å². The second-order valence-corrected chi connectivity index (χ2v) is 6.15. The molecular weight excluding hydrogens is 343 g/mol. The van der Waals surface area contributed by atoms with Crippen LogP contribution in [0.5, 0.6) is 0 Å². The summed E-state index contributed by atoms with van der Waals surface area (Å²) in [5.74, 6) is -1.37. The first kappa shape index (κ1) is 21.2. The Morgan fingerprint density at radius 1 is 0.960 bits per heavy atom. The van der Waals surface area contributed by atoms with Crippen molar-refractivity contribution in [1.82, 2.24) is 0 Å². The molecule has 0 bridgehead atoms. The maximum atomic E-state index is 11.8. The number of carbonyl (C=O) groups is 2. The van der Waals surface area contributed by atoms with Crippen LogP contribution in [-0.2, 0) is 19.6 Å². The molecule has 0 amide bonds. The van der Waals surface area contributed by atoms with Gasteiger partial charge in [-0.1, -0.05) is 6.07 Å². The standard InChI is InChI=1S/C16H16O7S.Li/c1-3-22-15(17)11-6-5-10-7-12(16(18)23-4-2)9-14(13(10)8-11)24(19,20)21;/h5-9H,3-4H2,1-2H3,(H,19,20,21);/q;+1/p-1. The molecule has 0 fully saturated rings. The molecule has 0 aliphatic rings. The predicted molar refractivity (Wildman–Crippen MR) is 83.8 cm³/mol. The molecule has 0 aliphatic carbocycles. The molecule has 0 radical (unpaired) electrons. The van der Waals surface area contributed by atoms with E-state index >= 15 is 0 Å². The molecule has 0 aromatic heterocycles. The van der Waals surface area contributed by atoms with Gasteiger partial charge in [0.25, 0.3) is 0 Å². The molecule has 0 N–H and O–H groups in total. The molecule has 9 heteroatoms. The van der Waals surface area contributed by atoms with E-state index in [1.807, 2.05) is 0 Å². The first-order valence-corrected chi connectivity index (χ1v) is 8.56. The van der Waals surface area contributed by atoms with Crippen molar-refractivity contribution in [3.05, 3.63) is 41.5 Å². The van der Waals surface area contributed by atoms with Gasteiger partial charge in [0.2, 0.25) is 0 Å². The summed E-state index contributed by atoms with van der Waals surface area (Å²) in [5.41, 5.74) is 0.0563. The van der Waals surface area contributed by atoms with Crippen molar-refractivity contribution in [2.45, 2.75) is 18.7 Å². The quantitative estimate of drug-likeness (QED) is 0.387. The fourth-order valence-electron chi connectivity index (χ4n) is 2.20. The number of hydrogen-bond acceptors (Lipinski definition) is 7. The van der Waals surface area contributed by atoms with E-state index in [0.717, 1.165) is 6.07 Å². The Balaban J connectivity index is 0.00000312. The van der Waals surface area contributed by atoms with Crippen molar-refractivity contribution in [2.75, 3.05) is 13.2 Å². The molecular formula is C16H15LiO7S. The van der Waals surface area contributed by atoms with Gasteiger partial charge in [-0.25, -0.2) is 18.0 Å². The van der Waals surface area contributed by atoms with Crippen molar-refractivity contribution in [2.24, 2.45) is 0 Å². The van der Waals surface area contributed by atoms with E-state index in [9.17, 15) is 22.6 Å². The second-order valence-electron chi connectivity index (χ2n) is 4.81. The van der Waals surface area contributed by atoms with E-state index in [0.29, 0.717) is 5.39 Å². The van der Waals surface area contributed by atoms with Crippen LogP contribution in [0.1, 0.15) is 34.6 Å². The van der Waals surface area contributed by atoms with Crippen molar-refractivity contribution in [3.8, 4) is 0 Å². The molecule has 0 saturated heterocycles. The van der Waals surface area contributed by atoms with Crippen LogP contribution in [0.2, 0.25) is 0 Å². The molecule has 0 heterocycles. The maximum Gasteiger partial charge on any atom is 1.00 e. The first-order valence-electron chi connectivity index (χ1n) is 7.15. The van der Waals surface area contributed by atoms with Crippen molar-refractivity contribution >= 4 is 32.8 Å². The number of rotatable bonds is 5. The largest absolute Gasteiger partial charge is 1.00 e. The monoisotopic (exact) mass is 358 g/mol. The summed E-state index contributed by atoms with van der Waals surface area (Å²) >= 11 is 0. The van der Waals surface area contributed by atoms with Gasteiger partial charge >= 0.3 is 30.8 Å². The molecule has 0 saturated carbocycles. The molecule has 25 heavy (non-hydrogen) atoms. The topological polar surface area (TPSA) is 110 Å². The normalized spacial score (nSPS) is 10.8. The summed E-state index contributed by atoms with van der Waals surface area (Å²) in [6.07, 6.45) is 0. The van der Waals surface area contributed by atoms with E-state index in [-0.39, 0.29) is 48.6 Å². The Morgan fingerprint density at radius 2 is 1.52 bits per heavy atom. The summed E-state index contributed by atoms with van der Waals surface area (Å²) in [6.45, 7) is 3.51. The van der Waals surface area contributed by atoms with Gasteiger partial charge in [-0.2, -0.15) is 0 Å². The summed E-state index contributed by atoms with van der Waals surface area (Å²) in [5, 5.41) is 0.367. The molecule has 0 unspecified atom stereocenters. The predicted octanol–water partition coefficient (Wildman–Crippen LogP) is -0.899. The Bertz CT molecular complexity index is 906. The van der Waals surface area contributed by atoms with Crippen LogP contribution in [0.4, 0.5) is 0 Å². The van der Waals surface area contributed by atoms with Crippen molar-refractivity contribution in [1.29, 1.82) is 0 Å². The number of ether oxygens (including phenoxy) is 2. The molecule has 2 aromatic carbocycles. The molecule has 2 rings (SSSR count). The molecule has 128 valence electrons. The fourth-order valence-corrected chi connectivity index (χ4v) is 2.92. The van der Waals surface area contributed by atoms with Gasteiger partial charge in [0.1, 0.15) is 10.1 Å². The Kier molecular flexibility index (Phi) is 7.20. The zero-order valence-electron chi connectivity index (χ0n) is 14.1. The van der Waals surface area contributed by atoms with Crippen molar-refractivity contribution in [3.63, 3.8) is 0 Å². The van der Waals surface area contributed by atoms with Crippen LogP contribution in [0.15, 0.2) is 35.2 Å². The van der Waals surface area contributed by atoms with Crippen LogP contribution in [-0.4, -0.2) is 38.1 Å². The maximum absolute atomic E-state index is 11.8. The molecule has 0 aliphatic heterocycles. The summed E-state index contributed by atoms with van der Waals surface area (Å²) in [6, 6.07) is 6.48. The van der Waals surface area contributed by atoms with E-state index in [1.165, 1.54) is 24.3 Å². The van der Waals surface area contributed by atoms with Gasteiger partial charge in [0.15, 0.2) is 0 Å². The van der Waals surface area contributed by atoms with Crippen LogP contribution in [0.25, 0.3) is 10.8 Å². The summed E-state index contributed by atoms with van der Waals surface area (Å²) in [4.78, 5) is 23.0. The minimum atomic E-state index is -4.87. The third-order valence-corrected chi connectivity index (χ3v) is 4.08. The third-order valence-electron chi connectivity index (χ3n) is 3.21. The minimum Gasteiger partial charge on any atom is -0.744 e. The molecule has 7 nitrogen and oxygen atoms in total. The zero-order valence-corrected chi connectivity index (χ0v) is 14.9. The minimum absolute atomic E-state index is 0. The smallest absolute Gasteiger partial charge is 0.744 e. The van der Waals surface area contributed by atoms with E-state index < -0.39 is 27.0 Å². The Hall–Kier alpha value is -1.85. The van der Waals surface area contributed by atoms with Gasteiger partial charge in [-0.3, -0.25) is 0 Å². The fraction of sp³-hybridized carbons (Fsp3) is 0.250. The third kappa shape index (κ3) is 4.83. The number of fused-ring (bicyclic) bond motifs is 1. The van der Waals surface area contributed by atoms with E-state index in [4.69, 9.17) is 9.47 Å². The average molecular weight is 358 g/mol. The SMILES string of the molecule is CCOC(=O)c1cc(S(=O)(=O)[O-])c2cc(C(=O)OCC)ccc2c1.[Li+]. The number of carbonyl (C=O) groups excluding carboxylic acids is 2. The van der Waals surface area contributed by atoms with Gasteiger partial charge in [-0.05, 0) is 43.5 Å². The second kappa shape index (κ2) is 8.49. The van der Waals surface area contributed by atoms with Crippen LogP contribution in [0, 0.1) is 0 Å². The average Bonchev–Trinajstić information content (AvgIpc) is 2.52.